The molecule has 0 aliphatic rings. The van der Waals surface area contributed by atoms with Crippen LogP contribution in [0.1, 0.15) is 21.6 Å². The molecule has 96 valence electrons. The lowest BCUT2D eigenvalue weighted by Gasteiger charge is -2.05. The van der Waals surface area contributed by atoms with E-state index in [1.165, 1.54) is 16.9 Å². The first-order chi connectivity index (χ1) is 9.19. The van der Waals surface area contributed by atoms with Gasteiger partial charge in [0.05, 0.1) is 0 Å². The van der Waals surface area contributed by atoms with Gasteiger partial charge in [-0.05, 0) is 37.1 Å². The average molecular weight is 272 g/mol. The smallest absolute Gasteiger partial charge is 0.250 e. The van der Waals surface area contributed by atoms with Gasteiger partial charge in [0.15, 0.2) is 16.9 Å². The molecular formula is C14H12N2O2S. The topological polar surface area (TPSA) is 43.6 Å². The van der Waals surface area contributed by atoms with Gasteiger partial charge in [0.2, 0.25) is 5.88 Å². The summed E-state index contributed by atoms with van der Waals surface area (Å²) < 4.78 is 7.45. The Morgan fingerprint density at radius 1 is 1.32 bits per heavy atom. The van der Waals surface area contributed by atoms with Crippen molar-refractivity contribution < 1.29 is 9.53 Å². The van der Waals surface area contributed by atoms with E-state index < -0.39 is 0 Å². The zero-order valence-electron chi connectivity index (χ0n) is 10.6. The highest BCUT2D eigenvalue weighted by atomic mass is 32.1. The van der Waals surface area contributed by atoms with Crippen molar-refractivity contribution in [3.8, 4) is 11.6 Å². The van der Waals surface area contributed by atoms with E-state index in [2.05, 4.69) is 4.98 Å². The summed E-state index contributed by atoms with van der Waals surface area (Å²) in [5.41, 5.74) is 2.79. The van der Waals surface area contributed by atoms with Crippen molar-refractivity contribution in [2.24, 2.45) is 0 Å². The molecule has 0 atom stereocenters. The molecule has 3 aromatic rings. The molecule has 0 fully saturated rings. The monoisotopic (exact) mass is 272 g/mol. The number of aryl methyl sites for hydroxylation is 2. The number of aromatic nitrogens is 2. The third kappa shape index (κ3) is 2.02. The molecule has 0 aliphatic heterocycles. The van der Waals surface area contributed by atoms with E-state index in [9.17, 15) is 4.79 Å². The summed E-state index contributed by atoms with van der Waals surface area (Å²) in [5, 5.41) is 1.88. The normalized spacial score (nSPS) is 10.8. The number of fused-ring (bicyclic) bond motifs is 1. The second-order valence-electron chi connectivity index (χ2n) is 4.32. The molecule has 19 heavy (non-hydrogen) atoms. The Morgan fingerprint density at radius 3 is 2.89 bits per heavy atom. The molecule has 5 heteroatoms. The van der Waals surface area contributed by atoms with Crippen LogP contribution in [0.3, 0.4) is 0 Å². The molecule has 3 rings (SSSR count). The first-order valence-corrected chi connectivity index (χ1v) is 6.73. The molecule has 0 amide bonds. The molecule has 2 heterocycles. The summed E-state index contributed by atoms with van der Waals surface area (Å²) in [6.07, 6.45) is 2.58. The van der Waals surface area contributed by atoms with E-state index in [-0.39, 0.29) is 0 Å². The number of imidazole rings is 1. The molecule has 0 saturated heterocycles. The minimum absolute atomic E-state index is 0.352. The van der Waals surface area contributed by atoms with Crippen molar-refractivity contribution in [1.82, 2.24) is 9.38 Å². The van der Waals surface area contributed by atoms with Gasteiger partial charge in [0, 0.05) is 11.6 Å². The minimum Gasteiger partial charge on any atom is -0.437 e. The van der Waals surface area contributed by atoms with Crippen LogP contribution in [0.4, 0.5) is 0 Å². The zero-order valence-corrected chi connectivity index (χ0v) is 11.4. The van der Waals surface area contributed by atoms with Crippen LogP contribution in [0.15, 0.2) is 29.8 Å². The molecule has 0 aliphatic carbocycles. The maximum atomic E-state index is 11.2. The van der Waals surface area contributed by atoms with Crippen LogP contribution in [0.25, 0.3) is 4.96 Å². The maximum absolute atomic E-state index is 11.2. The third-order valence-electron chi connectivity index (χ3n) is 3.07. The average Bonchev–Trinajstić information content (AvgIpc) is 2.94. The maximum Gasteiger partial charge on any atom is 0.250 e. The number of nitrogens with zero attached hydrogens (tertiary/aromatic N) is 2. The van der Waals surface area contributed by atoms with Gasteiger partial charge < -0.3 is 4.74 Å². The van der Waals surface area contributed by atoms with Gasteiger partial charge in [0.25, 0.3) is 0 Å². The van der Waals surface area contributed by atoms with Crippen LogP contribution in [-0.4, -0.2) is 15.7 Å². The van der Waals surface area contributed by atoms with Crippen molar-refractivity contribution in [1.29, 1.82) is 0 Å². The largest absolute Gasteiger partial charge is 0.437 e. The lowest BCUT2D eigenvalue weighted by molar-refractivity contribution is 0.111. The van der Waals surface area contributed by atoms with Gasteiger partial charge in [-0.25, -0.2) is 0 Å². The summed E-state index contributed by atoms with van der Waals surface area (Å²) >= 11 is 1.47. The number of thiazole rings is 1. The van der Waals surface area contributed by atoms with Gasteiger partial charge in [-0.1, -0.05) is 6.07 Å². The van der Waals surface area contributed by atoms with Crippen molar-refractivity contribution in [2.75, 3.05) is 0 Å². The number of aldehydes is 1. The number of carbonyl (C=O) groups excluding carboxylic acids is 1. The Hall–Kier alpha value is -2.14. The molecule has 1 aromatic carbocycles. The summed E-state index contributed by atoms with van der Waals surface area (Å²) in [6, 6.07) is 5.81. The SMILES string of the molecule is Cc1ccc(Oc2nc3sccn3c2C=O)cc1C. The van der Waals surface area contributed by atoms with E-state index >= 15 is 0 Å². The molecule has 0 N–H and O–H groups in total. The Morgan fingerprint density at radius 2 is 2.16 bits per heavy atom. The third-order valence-corrected chi connectivity index (χ3v) is 3.83. The number of hydrogen-bond donors (Lipinski definition) is 0. The fourth-order valence-electron chi connectivity index (χ4n) is 1.85. The first kappa shape index (κ1) is 11.9. The van der Waals surface area contributed by atoms with Crippen LogP contribution >= 0.6 is 11.3 Å². The second-order valence-corrected chi connectivity index (χ2v) is 5.20. The molecule has 2 aromatic heterocycles. The number of carbonyl (C=O) groups is 1. The zero-order chi connectivity index (χ0) is 13.4. The van der Waals surface area contributed by atoms with Gasteiger partial charge in [-0.15, -0.1) is 11.3 Å². The highest BCUT2D eigenvalue weighted by Gasteiger charge is 2.14. The predicted octanol–water partition coefficient (Wildman–Crippen LogP) is 3.62. The molecule has 0 unspecified atom stereocenters. The van der Waals surface area contributed by atoms with Crippen LogP contribution in [-0.2, 0) is 0 Å². The fraction of sp³-hybridized carbons (Fsp3) is 0.143. The quantitative estimate of drug-likeness (QED) is 0.684. The summed E-state index contributed by atoms with van der Waals surface area (Å²) in [4.78, 5) is 16.2. The van der Waals surface area contributed by atoms with Gasteiger partial charge >= 0.3 is 0 Å². The van der Waals surface area contributed by atoms with E-state index in [4.69, 9.17) is 4.74 Å². The highest BCUT2D eigenvalue weighted by Crippen LogP contribution is 2.27. The van der Waals surface area contributed by atoms with Crippen molar-refractivity contribution in [3.05, 3.63) is 46.6 Å². The molecule has 0 spiro atoms. The summed E-state index contributed by atoms with van der Waals surface area (Å²) in [6.45, 7) is 4.07. The van der Waals surface area contributed by atoms with Gasteiger partial charge in [-0.3, -0.25) is 9.20 Å². The standard InChI is InChI=1S/C14H12N2O2S/c1-9-3-4-11(7-10(9)2)18-13-12(8-17)16-5-6-19-14(16)15-13/h3-8H,1-2H3. The number of ether oxygens (including phenoxy) is 1. The minimum atomic E-state index is 0.352. The fourth-order valence-corrected chi connectivity index (χ4v) is 2.57. The van der Waals surface area contributed by atoms with E-state index in [1.54, 1.807) is 4.40 Å². The summed E-state index contributed by atoms with van der Waals surface area (Å²) in [5.74, 6) is 1.04. The van der Waals surface area contributed by atoms with Crippen molar-refractivity contribution in [3.63, 3.8) is 0 Å². The lowest BCUT2D eigenvalue weighted by atomic mass is 10.1. The second kappa shape index (κ2) is 4.51. The molecule has 0 bridgehead atoms. The first-order valence-electron chi connectivity index (χ1n) is 5.85. The lowest BCUT2D eigenvalue weighted by Crippen LogP contribution is -1.92. The number of hydrogen-bond acceptors (Lipinski definition) is 4. The predicted molar refractivity (Wildman–Crippen MR) is 74.4 cm³/mol. The summed E-state index contributed by atoms with van der Waals surface area (Å²) in [7, 11) is 0. The van der Waals surface area contributed by atoms with Crippen LogP contribution in [0, 0.1) is 13.8 Å². The molecule has 4 nitrogen and oxygen atoms in total. The highest BCUT2D eigenvalue weighted by molar-refractivity contribution is 7.15. The van der Waals surface area contributed by atoms with E-state index in [0.717, 1.165) is 16.8 Å². The molecule has 0 radical (unpaired) electrons. The van der Waals surface area contributed by atoms with Crippen LogP contribution in [0.5, 0.6) is 11.6 Å². The molecular weight excluding hydrogens is 260 g/mol. The Kier molecular flexibility index (Phi) is 2.83. The van der Waals surface area contributed by atoms with Gasteiger partial charge in [-0.2, -0.15) is 4.98 Å². The molecule has 0 saturated carbocycles. The Balaban J connectivity index is 2.02. The number of rotatable bonds is 3. The van der Waals surface area contributed by atoms with Crippen molar-refractivity contribution in [2.45, 2.75) is 13.8 Å². The van der Waals surface area contributed by atoms with Crippen LogP contribution in [0.2, 0.25) is 0 Å². The van der Waals surface area contributed by atoms with Gasteiger partial charge in [0.1, 0.15) is 5.75 Å². The Bertz CT molecular complexity index is 758. The van der Waals surface area contributed by atoms with E-state index in [0.29, 0.717) is 17.3 Å². The Labute approximate surface area is 114 Å². The number of benzene rings is 1. The van der Waals surface area contributed by atoms with Crippen LogP contribution < -0.4 is 4.74 Å². The van der Waals surface area contributed by atoms with E-state index in [1.807, 2.05) is 43.6 Å². The van der Waals surface area contributed by atoms with Crippen molar-refractivity contribution >= 4 is 22.6 Å².